The van der Waals surface area contributed by atoms with E-state index in [1.54, 1.807) is 27.4 Å². The number of hydrogen-bond acceptors (Lipinski definition) is 7. The van der Waals surface area contributed by atoms with E-state index < -0.39 is 22.8 Å². The Labute approximate surface area is 246 Å². The number of aromatic carboxylic acids is 1. The number of nitrogens with zero attached hydrogens (tertiary/aromatic N) is 3. The summed E-state index contributed by atoms with van der Waals surface area (Å²) in [7, 11) is 0. The van der Waals surface area contributed by atoms with E-state index in [2.05, 4.69) is 16.0 Å². The van der Waals surface area contributed by atoms with Crippen LogP contribution < -0.4 is 26.3 Å². The number of carbonyl (C=O) groups excluding carboxylic acids is 3. The Kier molecular flexibility index (Phi) is 8.90. The number of aromatic nitrogens is 1. The second kappa shape index (κ2) is 12.6. The Hall–Kier alpha value is -3.81. The highest BCUT2D eigenvalue weighted by atomic mass is 32.2. The zero-order valence-corrected chi connectivity index (χ0v) is 24.2. The predicted molar refractivity (Wildman–Crippen MR) is 157 cm³/mol. The van der Waals surface area contributed by atoms with Gasteiger partial charge in [-0.2, -0.15) is 11.8 Å². The van der Waals surface area contributed by atoms with Crippen LogP contribution in [0.1, 0.15) is 43.0 Å². The molecule has 226 valence electrons. The van der Waals surface area contributed by atoms with E-state index in [1.807, 2.05) is 11.8 Å². The smallest absolute Gasteiger partial charge is 0.341 e. The van der Waals surface area contributed by atoms with Crippen LogP contribution in [-0.2, 0) is 16.1 Å². The number of halogens is 1. The van der Waals surface area contributed by atoms with Crippen molar-refractivity contribution in [1.29, 1.82) is 0 Å². The van der Waals surface area contributed by atoms with Gasteiger partial charge in [-0.3, -0.25) is 14.4 Å². The topological polar surface area (TPSA) is 153 Å². The number of piperazine rings is 1. The molecular formula is C28H35FN6O6S. The summed E-state index contributed by atoms with van der Waals surface area (Å²) in [6.45, 7) is 3.52. The lowest BCUT2D eigenvalue weighted by Gasteiger charge is -2.36. The van der Waals surface area contributed by atoms with E-state index in [0.29, 0.717) is 56.3 Å². The third-order valence-corrected chi connectivity index (χ3v) is 9.72. The lowest BCUT2D eigenvalue weighted by molar-refractivity contribution is -0.133. The molecule has 12 nitrogen and oxygen atoms in total. The quantitative estimate of drug-likeness (QED) is 0.235. The van der Waals surface area contributed by atoms with Gasteiger partial charge < -0.3 is 35.4 Å². The van der Waals surface area contributed by atoms with Crippen LogP contribution in [0.3, 0.4) is 0 Å². The number of carbonyl (C=O) groups is 4. The minimum absolute atomic E-state index is 0.00762. The molecule has 3 fully saturated rings. The number of urea groups is 1. The summed E-state index contributed by atoms with van der Waals surface area (Å²) in [5, 5.41) is 18.3. The van der Waals surface area contributed by atoms with Crippen molar-refractivity contribution in [2.45, 2.75) is 56.5 Å². The number of carboxylic acid groups (broad SMARTS) is 1. The average Bonchev–Trinajstić information content (AvgIpc) is 3.53. The second-order valence-corrected chi connectivity index (χ2v) is 12.1. The summed E-state index contributed by atoms with van der Waals surface area (Å²) < 4.78 is 16.7. The molecule has 0 bridgehead atoms. The molecule has 0 aliphatic carbocycles. The molecule has 0 saturated carbocycles. The average molecular weight is 603 g/mol. The first-order valence-electron chi connectivity index (χ1n) is 14.2. The lowest BCUT2D eigenvalue weighted by atomic mass is 10.0. The summed E-state index contributed by atoms with van der Waals surface area (Å²) in [5.41, 5.74) is -0.410. The molecule has 3 aliphatic rings. The Morgan fingerprint density at radius 3 is 2.60 bits per heavy atom. The van der Waals surface area contributed by atoms with Crippen molar-refractivity contribution in [3.8, 4) is 0 Å². The van der Waals surface area contributed by atoms with E-state index >= 15 is 4.39 Å². The fourth-order valence-corrected chi connectivity index (χ4v) is 7.44. The van der Waals surface area contributed by atoms with Crippen molar-refractivity contribution in [2.24, 2.45) is 0 Å². The molecule has 4 N–H and O–H groups in total. The van der Waals surface area contributed by atoms with Gasteiger partial charge in [-0.1, -0.05) is 6.42 Å². The predicted octanol–water partition coefficient (Wildman–Crippen LogP) is 1.35. The van der Waals surface area contributed by atoms with Crippen LogP contribution in [0.5, 0.6) is 0 Å². The monoisotopic (exact) mass is 602 g/mol. The zero-order chi connectivity index (χ0) is 30.0. The van der Waals surface area contributed by atoms with Gasteiger partial charge in [-0.15, -0.1) is 0 Å². The molecule has 2 aromatic rings. The van der Waals surface area contributed by atoms with Gasteiger partial charge in [0.05, 0.1) is 29.8 Å². The van der Waals surface area contributed by atoms with E-state index in [4.69, 9.17) is 0 Å². The summed E-state index contributed by atoms with van der Waals surface area (Å²) in [4.78, 5) is 64.0. The number of hydrogen-bond donors (Lipinski definition) is 4. The van der Waals surface area contributed by atoms with E-state index in [0.717, 1.165) is 24.7 Å². The van der Waals surface area contributed by atoms with Gasteiger partial charge in [-0.05, 0) is 31.9 Å². The summed E-state index contributed by atoms with van der Waals surface area (Å²) >= 11 is 1.84. The molecule has 0 spiro atoms. The van der Waals surface area contributed by atoms with Gasteiger partial charge in [0.25, 0.3) is 0 Å². The normalized spacial score (nSPS) is 21.7. The number of anilines is 1. The number of fused-ring (bicyclic) bond motifs is 2. The van der Waals surface area contributed by atoms with Crippen molar-refractivity contribution in [1.82, 2.24) is 25.4 Å². The Balaban J connectivity index is 1.08. The van der Waals surface area contributed by atoms with Crippen LogP contribution in [0.2, 0.25) is 0 Å². The fourth-order valence-electron chi connectivity index (χ4n) is 5.90. The Bertz CT molecular complexity index is 1460. The van der Waals surface area contributed by atoms with Crippen molar-refractivity contribution >= 4 is 52.2 Å². The number of carboxylic acids is 1. The number of benzene rings is 1. The van der Waals surface area contributed by atoms with Gasteiger partial charge in [0.1, 0.15) is 11.4 Å². The highest BCUT2D eigenvalue weighted by Crippen LogP contribution is 2.33. The molecule has 4 amide bonds. The van der Waals surface area contributed by atoms with Crippen molar-refractivity contribution in [3.05, 3.63) is 39.9 Å². The van der Waals surface area contributed by atoms with Gasteiger partial charge in [0.2, 0.25) is 17.2 Å². The lowest BCUT2D eigenvalue weighted by Crippen LogP contribution is -2.51. The van der Waals surface area contributed by atoms with E-state index in [1.165, 1.54) is 6.20 Å². The third-order valence-electron chi connectivity index (χ3n) is 8.21. The maximum atomic E-state index is 15.1. The van der Waals surface area contributed by atoms with Gasteiger partial charge in [0, 0.05) is 61.7 Å². The SMILES string of the molecule is CCn1cc(C(=O)O)c(=O)c2cc(F)c(N3CCN(C(=O)CNC(=O)CCCC[C@@H]4SC[C@@H]5NC(=O)N[C@@H]54)CC3)cc21. The minimum Gasteiger partial charge on any atom is -0.477 e. The molecule has 0 unspecified atom stereocenters. The van der Waals surface area contributed by atoms with E-state index in [9.17, 15) is 29.1 Å². The molecule has 5 rings (SSSR count). The molecule has 42 heavy (non-hydrogen) atoms. The fraction of sp³-hybridized carbons (Fsp3) is 0.536. The van der Waals surface area contributed by atoms with Crippen LogP contribution in [0.15, 0.2) is 23.1 Å². The van der Waals surface area contributed by atoms with Crippen molar-refractivity contribution in [3.63, 3.8) is 0 Å². The molecule has 4 heterocycles. The first kappa shape index (κ1) is 29.7. The van der Waals surface area contributed by atoms with Crippen LogP contribution in [0.4, 0.5) is 14.9 Å². The molecule has 3 aliphatic heterocycles. The third kappa shape index (κ3) is 6.18. The molecule has 3 saturated heterocycles. The first-order valence-corrected chi connectivity index (χ1v) is 15.3. The highest BCUT2D eigenvalue weighted by molar-refractivity contribution is 8.00. The standard InChI is InChI=1S/C28H35FN6O6S/c1-2-33-14-17(27(39)40)26(38)16-11-18(29)21(12-20(16)33)34-7-9-35(10-8-34)24(37)13-30-23(36)6-4-3-5-22-25-19(15-42-22)31-28(41)32-25/h11-12,14,19,22,25H,2-10,13,15H2,1H3,(H,30,36)(H,39,40)(H2,31,32,41)/t19-,22-,25-/m0/s1. The number of aryl methyl sites for hydroxylation is 1. The molecule has 1 aromatic carbocycles. The Morgan fingerprint density at radius 2 is 1.88 bits per heavy atom. The highest BCUT2D eigenvalue weighted by Gasteiger charge is 2.42. The van der Waals surface area contributed by atoms with Gasteiger partial charge >= 0.3 is 12.0 Å². The molecular weight excluding hydrogens is 567 g/mol. The number of nitrogens with one attached hydrogen (secondary N) is 3. The van der Waals surface area contributed by atoms with Gasteiger partial charge in [0.15, 0.2) is 0 Å². The molecule has 3 atom stereocenters. The number of pyridine rings is 1. The van der Waals surface area contributed by atoms with Crippen LogP contribution in [0.25, 0.3) is 10.9 Å². The van der Waals surface area contributed by atoms with Crippen molar-refractivity contribution < 1.29 is 28.7 Å². The van der Waals surface area contributed by atoms with Crippen LogP contribution >= 0.6 is 11.8 Å². The largest absolute Gasteiger partial charge is 0.477 e. The Morgan fingerprint density at radius 1 is 1.12 bits per heavy atom. The second-order valence-electron chi connectivity index (χ2n) is 10.8. The number of thioether (sulfide) groups is 1. The van der Waals surface area contributed by atoms with Crippen molar-refractivity contribution in [2.75, 3.05) is 43.4 Å². The molecule has 0 radical (unpaired) electrons. The zero-order valence-electron chi connectivity index (χ0n) is 23.4. The molecule has 1 aromatic heterocycles. The summed E-state index contributed by atoms with van der Waals surface area (Å²) in [6, 6.07) is 2.87. The number of amides is 4. The first-order chi connectivity index (χ1) is 20.2. The van der Waals surface area contributed by atoms with Crippen LogP contribution in [0, 0.1) is 5.82 Å². The summed E-state index contributed by atoms with van der Waals surface area (Å²) in [5.74, 6) is -1.48. The summed E-state index contributed by atoms with van der Waals surface area (Å²) in [6.07, 6.45) is 4.09. The maximum absolute atomic E-state index is 15.1. The molecule has 14 heteroatoms. The van der Waals surface area contributed by atoms with Gasteiger partial charge in [-0.25, -0.2) is 14.0 Å². The van der Waals surface area contributed by atoms with E-state index in [-0.39, 0.29) is 47.5 Å². The number of unbranched alkanes of at least 4 members (excludes halogenated alkanes) is 1. The maximum Gasteiger partial charge on any atom is 0.341 e. The van der Waals surface area contributed by atoms with Crippen LogP contribution in [-0.4, -0.2) is 94.2 Å². The number of rotatable bonds is 10. The minimum atomic E-state index is -1.36.